The Morgan fingerprint density at radius 2 is 1.09 bits per heavy atom. The molecule has 4 rings (SSSR count). The van der Waals surface area contributed by atoms with E-state index in [1.54, 1.807) is 31.4 Å². The highest BCUT2D eigenvalue weighted by molar-refractivity contribution is 7.55. The third kappa shape index (κ3) is 5.32. The summed E-state index contributed by atoms with van der Waals surface area (Å²) in [6.07, 6.45) is 0. The second-order valence-corrected chi connectivity index (χ2v) is 9.00. The van der Waals surface area contributed by atoms with E-state index in [1.807, 2.05) is 91.0 Å². The Balaban J connectivity index is 1.76. The number of nitrogens with one attached hydrogen (secondary N) is 1. The van der Waals surface area contributed by atoms with E-state index in [4.69, 9.17) is 13.8 Å². The Hall–Kier alpha value is -3.69. The van der Waals surface area contributed by atoms with E-state index in [9.17, 15) is 4.57 Å². The monoisotopic (exact) mass is 445 g/mol. The first-order chi connectivity index (χ1) is 15.7. The lowest BCUT2D eigenvalue weighted by atomic mass is 10.2. The summed E-state index contributed by atoms with van der Waals surface area (Å²) in [6.45, 7) is 0. The summed E-state index contributed by atoms with van der Waals surface area (Å²) in [6, 6.07) is 35.0. The van der Waals surface area contributed by atoms with Crippen molar-refractivity contribution >= 4 is 13.3 Å². The zero-order valence-electron chi connectivity index (χ0n) is 17.6. The maximum Gasteiger partial charge on any atom is 0.457 e. The zero-order chi connectivity index (χ0) is 22.2. The van der Waals surface area contributed by atoms with E-state index in [-0.39, 0.29) is 0 Å². The maximum atomic E-state index is 14.4. The summed E-state index contributed by atoms with van der Waals surface area (Å²) in [5, 5.41) is 3.36. The van der Waals surface area contributed by atoms with Crippen LogP contribution >= 0.6 is 7.60 Å². The van der Waals surface area contributed by atoms with Gasteiger partial charge in [0.05, 0.1) is 7.11 Å². The molecule has 0 bridgehead atoms. The fourth-order valence-electron chi connectivity index (χ4n) is 3.21. The Morgan fingerprint density at radius 1 is 0.625 bits per heavy atom. The number of anilines is 1. The van der Waals surface area contributed by atoms with Crippen molar-refractivity contribution in [2.24, 2.45) is 0 Å². The first-order valence-corrected chi connectivity index (χ1v) is 11.8. The Morgan fingerprint density at radius 3 is 1.56 bits per heavy atom. The highest BCUT2D eigenvalue weighted by atomic mass is 31.2. The lowest BCUT2D eigenvalue weighted by molar-refractivity contribution is 0.376. The predicted molar refractivity (Wildman–Crippen MR) is 128 cm³/mol. The quantitative estimate of drug-likeness (QED) is 0.277. The summed E-state index contributed by atoms with van der Waals surface area (Å²) in [5.41, 5.74) is 1.53. The predicted octanol–water partition coefficient (Wildman–Crippen LogP) is 7.16. The van der Waals surface area contributed by atoms with Crippen LogP contribution < -0.4 is 19.1 Å². The van der Waals surface area contributed by atoms with Crippen LogP contribution in [0.1, 0.15) is 11.3 Å². The molecule has 6 heteroatoms. The lowest BCUT2D eigenvalue weighted by Crippen LogP contribution is -2.18. The molecule has 0 spiro atoms. The SMILES string of the molecule is COc1ccc(N[C@@H](c2ccccc2)P(=O)(Oc2ccccc2)Oc2ccccc2)cc1. The molecule has 0 fully saturated rings. The molecule has 0 heterocycles. The van der Waals surface area contributed by atoms with Gasteiger partial charge >= 0.3 is 7.60 Å². The molecule has 1 N–H and O–H groups in total. The molecule has 4 aromatic rings. The molecule has 0 saturated carbocycles. The highest BCUT2D eigenvalue weighted by Crippen LogP contribution is 2.60. The van der Waals surface area contributed by atoms with E-state index >= 15 is 0 Å². The number of methoxy groups -OCH3 is 1. The average Bonchev–Trinajstić information content (AvgIpc) is 2.84. The molecule has 32 heavy (non-hydrogen) atoms. The fourth-order valence-corrected chi connectivity index (χ4v) is 5.13. The van der Waals surface area contributed by atoms with Crippen LogP contribution in [-0.4, -0.2) is 7.11 Å². The van der Waals surface area contributed by atoms with Crippen molar-refractivity contribution in [1.82, 2.24) is 0 Å². The molecule has 0 unspecified atom stereocenters. The second-order valence-electron chi connectivity index (χ2n) is 7.03. The third-order valence-electron chi connectivity index (χ3n) is 4.78. The summed E-state index contributed by atoms with van der Waals surface area (Å²) < 4.78 is 31.9. The normalized spacial score (nSPS) is 11.9. The number of hydrogen-bond donors (Lipinski definition) is 1. The van der Waals surface area contributed by atoms with E-state index in [0.29, 0.717) is 11.5 Å². The van der Waals surface area contributed by atoms with Crippen LogP contribution in [-0.2, 0) is 4.57 Å². The van der Waals surface area contributed by atoms with Gasteiger partial charge in [0.1, 0.15) is 17.2 Å². The molecule has 0 aliphatic carbocycles. The molecule has 4 aromatic carbocycles. The highest BCUT2D eigenvalue weighted by Gasteiger charge is 2.41. The molecule has 162 valence electrons. The molecule has 0 aliphatic heterocycles. The number of hydrogen-bond acceptors (Lipinski definition) is 5. The number of para-hydroxylation sites is 2. The summed E-state index contributed by atoms with van der Waals surface area (Å²) in [5.74, 6) is 0.891. The van der Waals surface area contributed by atoms with Crippen molar-refractivity contribution in [2.45, 2.75) is 5.78 Å². The Labute approximate surface area is 188 Å². The molecule has 5 nitrogen and oxygen atoms in total. The van der Waals surface area contributed by atoms with E-state index in [1.165, 1.54) is 0 Å². The van der Waals surface area contributed by atoms with Gasteiger partial charge in [-0.05, 0) is 54.1 Å². The summed E-state index contributed by atoms with van der Waals surface area (Å²) in [7, 11) is -2.21. The van der Waals surface area contributed by atoms with Crippen LogP contribution in [0.3, 0.4) is 0 Å². The van der Waals surface area contributed by atoms with E-state index < -0.39 is 13.4 Å². The van der Waals surface area contributed by atoms with Gasteiger partial charge in [-0.25, -0.2) is 4.57 Å². The largest absolute Gasteiger partial charge is 0.497 e. The van der Waals surface area contributed by atoms with Gasteiger partial charge in [-0.2, -0.15) is 0 Å². The first kappa shape index (κ1) is 21.5. The van der Waals surface area contributed by atoms with Crippen LogP contribution in [0.4, 0.5) is 5.69 Å². The van der Waals surface area contributed by atoms with Crippen LogP contribution in [0.2, 0.25) is 0 Å². The minimum atomic E-state index is -3.82. The number of benzene rings is 4. The van der Waals surface area contributed by atoms with E-state index in [2.05, 4.69) is 5.32 Å². The Bertz CT molecular complexity index is 1110. The minimum Gasteiger partial charge on any atom is -0.497 e. The maximum absolute atomic E-state index is 14.4. The van der Waals surface area contributed by atoms with Crippen molar-refractivity contribution in [1.29, 1.82) is 0 Å². The zero-order valence-corrected chi connectivity index (χ0v) is 18.5. The molecule has 0 aromatic heterocycles. The number of ether oxygens (including phenoxy) is 1. The second kappa shape index (κ2) is 10.1. The van der Waals surface area contributed by atoms with Gasteiger partial charge in [-0.3, -0.25) is 0 Å². The topological polar surface area (TPSA) is 56.8 Å². The van der Waals surface area contributed by atoms with Gasteiger partial charge in [-0.15, -0.1) is 0 Å². The Kier molecular flexibility index (Phi) is 6.78. The van der Waals surface area contributed by atoms with Crippen LogP contribution in [0, 0.1) is 0 Å². The van der Waals surface area contributed by atoms with Gasteiger partial charge in [0.25, 0.3) is 0 Å². The van der Waals surface area contributed by atoms with Crippen molar-refractivity contribution in [3.05, 3.63) is 121 Å². The third-order valence-corrected chi connectivity index (χ3v) is 6.77. The summed E-state index contributed by atoms with van der Waals surface area (Å²) >= 11 is 0. The average molecular weight is 445 g/mol. The standard InChI is InChI=1S/C26H24NO4P/c1-29-23-19-17-22(18-20-23)27-26(21-11-5-2-6-12-21)32(28,30-24-13-7-3-8-14-24)31-25-15-9-4-10-16-25/h2-20,26-27H,1H3/t26-/m1/s1. The molecular weight excluding hydrogens is 421 g/mol. The van der Waals surface area contributed by atoms with Gasteiger partial charge < -0.3 is 19.1 Å². The molecule has 0 amide bonds. The first-order valence-electron chi connectivity index (χ1n) is 10.2. The van der Waals surface area contributed by atoms with Gasteiger partial charge in [-0.1, -0.05) is 66.7 Å². The molecular formula is C26H24NO4P. The molecule has 0 saturated heterocycles. The number of rotatable bonds is 9. The molecule has 0 aliphatic rings. The van der Waals surface area contributed by atoms with Gasteiger partial charge in [0, 0.05) is 5.69 Å². The minimum absolute atomic E-state index is 0.462. The van der Waals surface area contributed by atoms with Crippen molar-refractivity contribution in [3.8, 4) is 17.2 Å². The van der Waals surface area contributed by atoms with Crippen LogP contribution in [0.25, 0.3) is 0 Å². The van der Waals surface area contributed by atoms with Crippen LogP contribution in [0.5, 0.6) is 17.2 Å². The van der Waals surface area contributed by atoms with Crippen molar-refractivity contribution in [2.75, 3.05) is 12.4 Å². The molecule has 0 radical (unpaired) electrons. The fraction of sp³-hybridized carbons (Fsp3) is 0.0769. The smallest absolute Gasteiger partial charge is 0.457 e. The van der Waals surface area contributed by atoms with Crippen molar-refractivity contribution < 1.29 is 18.3 Å². The van der Waals surface area contributed by atoms with Crippen molar-refractivity contribution in [3.63, 3.8) is 0 Å². The van der Waals surface area contributed by atoms with Gasteiger partial charge in [0.15, 0.2) is 5.78 Å². The molecule has 1 atom stereocenters. The summed E-state index contributed by atoms with van der Waals surface area (Å²) in [4.78, 5) is 0. The van der Waals surface area contributed by atoms with E-state index in [0.717, 1.165) is 17.0 Å². The lowest BCUT2D eigenvalue weighted by Gasteiger charge is -2.29. The van der Waals surface area contributed by atoms with Gasteiger partial charge in [0.2, 0.25) is 0 Å². The van der Waals surface area contributed by atoms with Crippen LogP contribution in [0.15, 0.2) is 115 Å².